The predicted molar refractivity (Wildman–Crippen MR) is 77.5 cm³/mol. The first-order valence-electron chi connectivity index (χ1n) is 7.12. The topological polar surface area (TPSA) is 49.4 Å². The Hall–Kier alpha value is -1.84. The molecule has 1 heterocycles. The Morgan fingerprint density at radius 1 is 1.25 bits per heavy atom. The van der Waals surface area contributed by atoms with Gasteiger partial charge in [-0.15, -0.1) is 0 Å². The molecule has 3 rings (SSSR count). The second-order valence-electron chi connectivity index (χ2n) is 6.21. The van der Waals surface area contributed by atoms with Gasteiger partial charge in [0.25, 0.3) is 5.91 Å². The van der Waals surface area contributed by atoms with Crippen molar-refractivity contribution in [3.63, 3.8) is 0 Å². The molecule has 4 nitrogen and oxygen atoms in total. The van der Waals surface area contributed by atoms with Gasteiger partial charge in [0.1, 0.15) is 12.1 Å². The second-order valence-corrected chi connectivity index (χ2v) is 6.21. The monoisotopic (exact) mass is 272 g/mol. The molecule has 1 aromatic rings. The van der Waals surface area contributed by atoms with E-state index in [-0.39, 0.29) is 24.3 Å². The third-order valence-electron chi connectivity index (χ3n) is 4.44. The maximum Gasteiger partial charge on any atom is 0.253 e. The number of piperazine rings is 1. The number of hydrogen-bond acceptors (Lipinski definition) is 2. The molecule has 1 aliphatic carbocycles. The number of nitrogens with one attached hydrogen (secondary N) is 1. The van der Waals surface area contributed by atoms with Crippen LogP contribution in [0.25, 0.3) is 0 Å². The summed E-state index contributed by atoms with van der Waals surface area (Å²) < 4.78 is 0. The molecule has 106 valence electrons. The first-order valence-corrected chi connectivity index (χ1v) is 7.12. The summed E-state index contributed by atoms with van der Waals surface area (Å²) in [5, 5.41) is 2.91. The normalized spacial score (nSPS) is 26.6. The summed E-state index contributed by atoms with van der Waals surface area (Å²) in [5.41, 5.74) is 2.25. The standard InChI is InChI=1S/C16H20N2O2/c1-10-4-5-11(2)13(8-10)18-9-14(19)17-16(3,15(18)20)12-6-7-12/h4-5,8,12H,6-7,9H2,1-3H3,(H,17,19). The maximum atomic E-state index is 12.8. The number of amides is 2. The van der Waals surface area contributed by atoms with Crippen LogP contribution in [0.2, 0.25) is 0 Å². The fraction of sp³-hybridized carbons (Fsp3) is 0.500. The first-order chi connectivity index (χ1) is 9.41. The summed E-state index contributed by atoms with van der Waals surface area (Å²) in [4.78, 5) is 26.5. The van der Waals surface area contributed by atoms with E-state index in [4.69, 9.17) is 0 Å². The molecule has 4 heteroatoms. The molecule has 1 aliphatic heterocycles. The highest BCUT2D eigenvalue weighted by molar-refractivity contribution is 6.09. The van der Waals surface area contributed by atoms with E-state index in [1.165, 1.54) is 0 Å². The molecule has 1 aromatic carbocycles. The Bertz CT molecular complexity index is 592. The third-order valence-corrected chi connectivity index (χ3v) is 4.44. The van der Waals surface area contributed by atoms with Crippen LogP contribution in [0, 0.1) is 19.8 Å². The van der Waals surface area contributed by atoms with Crippen LogP contribution >= 0.6 is 0 Å². The number of hydrogen-bond donors (Lipinski definition) is 1. The fourth-order valence-electron chi connectivity index (χ4n) is 3.02. The van der Waals surface area contributed by atoms with Gasteiger partial charge in [-0.1, -0.05) is 12.1 Å². The summed E-state index contributed by atoms with van der Waals surface area (Å²) in [5.74, 6) is 0.236. The Labute approximate surface area is 119 Å². The van der Waals surface area contributed by atoms with E-state index in [9.17, 15) is 9.59 Å². The maximum absolute atomic E-state index is 12.8. The zero-order chi connectivity index (χ0) is 14.5. The van der Waals surface area contributed by atoms with Crippen LogP contribution in [-0.4, -0.2) is 23.9 Å². The van der Waals surface area contributed by atoms with Gasteiger partial charge in [0.2, 0.25) is 5.91 Å². The molecular formula is C16H20N2O2. The Balaban J connectivity index is 2.01. The molecule has 1 unspecified atom stereocenters. The van der Waals surface area contributed by atoms with Crippen molar-refractivity contribution in [2.75, 3.05) is 11.4 Å². The number of carbonyl (C=O) groups is 2. The number of benzene rings is 1. The quantitative estimate of drug-likeness (QED) is 0.894. The van der Waals surface area contributed by atoms with Gasteiger partial charge in [-0.2, -0.15) is 0 Å². The number of anilines is 1. The highest BCUT2D eigenvalue weighted by Gasteiger charge is 2.52. The van der Waals surface area contributed by atoms with Crippen LogP contribution in [0.5, 0.6) is 0 Å². The Kier molecular flexibility index (Phi) is 2.85. The minimum Gasteiger partial charge on any atom is -0.340 e. The predicted octanol–water partition coefficient (Wildman–Crippen LogP) is 1.93. The van der Waals surface area contributed by atoms with E-state index < -0.39 is 5.54 Å². The molecule has 2 amide bonds. The zero-order valence-corrected chi connectivity index (χ0v) is 12.2. The van der Waals surface area contributed by atoms with Crippen molar-refractivity contribution in [3.05, 3.63) is 29.3 Å². The summed E-state index contributed by atoms with van der Waals surface area (Å²) in [6.07, 6.45) is 2.03. The van der Waals surface area contributed by atoms with Crippen molar-refractivity contribution < 1.29 is 9.59 Å². The molecule has 1 atom stereocenters. The van der Waals surface area contributed by atoms with E-state index in [2.05, 4.69) is 5.32 Å². The summed E-state index contributed by atoms with van der Waals surface area (Å²) in [7, 11) is 0. The molecule has 0 bridgehead atoms. The van der Waals surface area contributed by atoms with Gasteiger partial charge < -0.3 is 10.2 Å². The molecule has 0 aromatic heterocycles. The smallest absolute Gasteiger partial charge is 0.253 e. The summed E-state index contributed by atoms with van der Waals surface area (Å²) in [6.45, 7) is 5.95. The van der Waals surface area contributed by atoms with Crippen LogP contribution < -0.4 is 10.2 Å². The van der Waals surface area contributed by atoms with Crippen LogP contribution in [0.1, 0.15) is 30.9 Å². The van der Waals surface area contributed by atoms with Gasteiger partial charge in [0.05, 0.1) is 0 Å². The molecule has 1 N–H and O–H groups in total. The number of carbonyl (C=O) groups excluding carboxylic acids is 2. The van der Waals surface area contributed by atoms with Crippen molar-refractivity contribution in [2.45, 2.75) is 39.2 Å². The molecule has 2 fully saturated rings. The van der Waals surface area contributed by atoms with Crippen LogP contribution in [-0.2, 0) is 9.59 Å². The SMILES string of the molecule is Cc1ccc(C)c(N2CC(=O)NC(C)(C3CC3)C2=O)c1. The number of rotatable bonds is 2. The molecule has 0 spiro atoms. The van der Waals surface area contributed by atoms with Crippen LogP contribution in [0.15, 0.2) is 18.2 Å². The van der Waals surface area contributed by atoms with Gasteiger partial charge in [-0.3, -0.25) is 9.59 Å². The van der Waals surface area contributed by atoms with E-state index in [0.29, 0.717) is 0 Å². The number of nitrogens with zero attached hydrogens (tertiary/aromatic N) is 1. The van der Waals surface area contributed by atoms with Crippen molar-refractivity contribution >= 4 is 17.5 Å². The zero-order valence-electron chi connectivity index (χ0n) is 12.2. The van der Waals surface area contributed by atoms with Crippen LogP contribution in [0.3, 0.4) is 0 Å². The van der Waals surface area contributed by atoms with E-state index >= 15 is 0 Å². The molecular weight excluding hydrogens is 252 g/mol. The van der Waals surface area contributed by atoms with Gasteiger partial charge in [0.15, 0.2) is 0 Å². The minimum atomic E-state index is -0.731. The Morgan fingerprint density at radius 3 is 2.60 bits per heavy atom. The Morgan fingerprint density at radius 2 is 1.95 bits per heavy atom. The van der Waals surface area contributed by atoms with Crippen molar-refractivity contribution in [1.82, 2.24) is 5.32 Å². The van der Waals surface area contributed by atoms with E-state index in [1.807, 2.05) is 39.0 Å². The summed E-state index contributed by atoms with van der Waals surface area (Å²) in [6, 6.07) is 6.01. The van der Waals surface area contributed by atoms with Crippen molar-refractivity contribution in [1.29, 1.82) is 0 Å². The lowest BCUT2D eigenvalue weighted by atomic mass is 9.91. The largest absolute Gasteiger partial charge is 0.340 e. The van der Waals surface area contributed by atoms with Crippen LogP contribution in [0.4, 0.5) is 5.69 Å². The lowest BCUT2D eigenvalue weighted by molar-refractivity contribution is -0.136. The molecule has 1 saturated carbocycles. The van der Waals surface area contributed by atoms with E-state index in [0.717, 1.165) is 29.7 Å². The van der Waals surface area contributed by atoms with Gasteiger partial charge in [-0.25, -0.2) is 0 Å². The first kappa shape index (κ1) is 13.2. The summed E-state index contributed by atoms with van der Waals surface area (Å²) >= 11 is 0. The second kappa shape index (κ2) is 4.33. The van der Waals surface area contributed by atoms with Crippen molar-refractivity contribution in [2.24, 2.45) is 5.92 Å². The molecule has 20 heavy (non-hydrogen) atoms. The molecule has 0 radical (unpaired) electrons. The average molecular weight is 272 g/mol. The third kappa shape index (κ3) is 1.99. The average Bonchev–Trinajstić information content (AvgIpc) is 3.21. The van der Waals surface area contributed by atoms with E-state index in [1.54, 1.807) is 4.90 Å². The highest BCUT2D eigenvalue weighted by Crippen LogP contribution is 2.42. The highest BCUT2D eigenvalue weighted by atomic mass is 16.2. The number of aryl methyl sites for hydroxylation is 2. The molecule has 2 aliphatic rings. The minimum absolute atomic E-state index is 0.0216. The lowest BCUT2D eigenvalue weighted by Gasteiger charge is -2.40. The molecule has 1 saturated heterocycles. The van der Waals surface area contributed by atoms with Gasteiger partial charge in [0, 0.05) is 5.69 Å². The van der Waals surface area contributed by atoms with Gasteiger partial charge >= 0.3 is 0 Å². The fourth-order valence-corrected chi connectivity index (χ4v) is 3.02. The van der Waals surface area contributed by atoms with Gasteiger partial charge in [-0.05, 0) is 56.7 Å². The van der Waals surface area contributed by atoms with Crippen molar-refractivity contribution in [3.8, 4) is 0 Å². The lowest BCUT2D eigenvalue weighted by Crippen LogP contribution is -2.66.